The molecule has 0 bridgehead atoms. The zero-order valence-corrected chi connectivity index (χ0v) is 12.0. The zero-order chi connectivity index (χ0) is 14.0. The summed E-state index contributed by atoms with van der Waals surface area (Å²) in [6.07, 6.45) is 3.83. The summed E-state index contributed by atoms with van der Waals surface area (Å²) < 4.78 is 0. The topological polar surface area (TPSA) is 74.7 Å². The average molecular weight is 283 g/mol. The predicted octanol–water partition coefficient (Wildman–Crippen LogP) is 2.46. The van der Waals surface area contributed by atoms with Crippen LogP contribution in [0, 0.1) is 5.41 Å². The SMILES string of the molecule is CC1(C)CCN(c2nccc(/C(N)=N/O)c2Cl)CC1. The molecule has 2 heterocycles. The van der Waals surface area contributed by atoms with E-state index >= 15 is 0 Å². The van der Waals surface area contributed by atoms with Crippen molar-refractivity contribution in [3.8, 4) is 0 Å². The van der Waals surface area contributed by atoms with Gasteiger partial charge in [-0.3, -0.25) is 0 Å². The quantitative estimate of drug-likeness (QED) is 0.378. The Labute approximate surface area is 118 Å². The minimum Gasteiger partial charge on any atom is -0.409 e. The maximum atomic E-state index is 8.75. The molecule has 0 saturated carbocycles. The Kier molecular flexibility index (Phi) is 3.85. The molecule has 0 spiro atoms. The van der Waals surface area contributed by atoms with E-state index < -0.39 is 0 Å². The van der Waals surface area contributed by atoms with Crippen molar-refractivity contribution in [3.63, 3.8) is 0 Å². The highest BCUT2D eigenvalue weighted by atomic mass is 35.5. The molecule has 1 aromatic heterocycles. The van der Waals surface area contributed by atoms with Gasteiger partial charge in [-0.15, -0.1) is 0 Å². The van der Waals surface area contributed by atoms with E-state index in [2.05, 4.69) is 28.9 Å². The summed E-state index contributed by atoms with van der Waals surface area (Å²) in [5, 5.41) is 12.2. The van der Waals surface area contributed by atoms with Crippen molar-refractivity contribution in [2.24, 2.45) is 16.3 Å². The number of nitrogens with zero attached hydrogens (tertiary/aromatic N) is 3. The molecular weight excluding hydrogens is 264 g/mol. The molecule has 0 unspecified atom stereocenters. The van der Waals surface area contributed by atoms with Crippen LogP contribution in [0.1, 0.15) is 32.3 Å². The van der Waals surface area contributed by atoms with Gasteiger partial charge in [0.15, 0.2) is 5.84 Å². The van der Waals surface area contributed by atoms with Crippen LogP contribution in [-0.4, -0.2) is 29.1 Å². The molecule has 0 aromatic carbocycles. The molecule has 3 N–H and O–H groups in total. The second kappa shape index (κ2) is 5.25. The second-order valence-corrected chi connectivity index (χ2v) is 6.01. The maximum absolute atomic E-state index is 8.75. The molecule has 104 valence electrons. The van der Waals surface area contributed by atoms with Gasteiger partial charge < -0.3 is 15.8 Å². The smallest absolute Gasteiger partial charge is 0.171 e. The van der Waals surface area contributed by atoms with Crippen molar-refractivity contribution in [1.82, 2.24) is 4.98 Å². The van der Waals surface area contributed by atoms with E-state index in [1.54, 1.807) is 12.3 Å². The van der Waals surface area contributed by atoms with Crippen LogP contribution >= 0.6 is 11.6 Å². The molecule has 1 fully saturated rings. The summed E-state index contributed by atoms with van der Waals surface area (Å²) in [7, 11) is 0. The van der Waals surface area contributed by atoms with E-state index in [0.29, 0.717) is 21.8 Å². The van der Waals surface area contributed by atoms with E-state index in [-0.39, 0.29) is 5.84 Å². The van der Waals surface area contributed by atoms with E-state index in [9.17, 15) is 0 Å². The molecule has 19 heavy (non-hydrogen) atoms. The Balaban J connectivity index is 2.27. The molecule has 1 aromatic rings. The van der Waals surface area contributed by atoms with Crippen LogP contribution in [0.5, 0.6) is 0 Å². The third-order valence-corrected chi connectivity index (χ3v) is 4.04. The van der Waals surface area contributed by atoms with Crippen LogP contribution in [0.2, 0.25) is 5.02 Å². The maximum Gasteiger partial charge on any atom is 0.171 e. The Bertz CT molecular complexity index is 491. The van der Waals surface area contributed by atoms with Gasteiger partial charge in [-0.05, 0) is 24.3 Å². The number of hydrogen-bond donors (Lipinski definition) is 2. The van der Waals surface area contributed by atoms with Crippen LogP contribution in [0.15, 0.2) is 17.4 Å². The van der Waals surface area contributed by atoms with Gasteiger partial charge in [-0.1, -0.05) is 30.6 Å². The van der Waals surface area contributed by atoms with Crippen LogP contribution in [0.25, 0.3) is 0 Å². The number of nitrogens with two attached hydrogens (primary N) is 1. The lowest BCUT2D eigenvalue weighted by atomic mass is 9.83. The lowest BCUT2D eigenvalue weighted by Crippen LogP contribution is -2.38. The molecule has 0 amide bonds. The number of rotatable bonds is 2. The molecule has 2 rings (SSSR count). The first kappa shape index (κ1) is 13.9. The molecule has 1 aliphatic heterocycles. The molecule has 1 aliphatic rings. The van der Waals surface area contributed by atoms with Crippen molar-refractivity contribution in [2.75, 3.05) is 18.0 Å². The van der Waals surface area contributed by atoms with Gasteiger partial charge in [0.25, 0.3) is 0 Å². The fourth-order valence-electron chi connectivity index (χ4n) is 2.23. The Morgan fingerprint density at radius 3 is 2.68 bits per heavy atom. The minimum absolute atomic E-state index is 0.00555. The summed E-state index contributed by atoms with van der Waals surface area (Å²) in [6.45, 7) is 6.37. The highest BCUT2D eigenvalue weighted by Gasteiger charge is 2.27. The Morgan fingerprint density at radius 2 is 2.11 bits per heavy atom. The average Bonchev–Trinajstić information content (AvgIpc) is 2.39. The fourth-order valence-corrected chi connectivity index (χ4v) is 2.56. The second-order valence-electron chi connectivity index (χ2n) is 5.63. The van der Waals surface area contributed by atoms with Crippen LogP contribution in [0.4, 0.5) is 5.82 Å². The van der Waals surface area contributed by atoms with Gasteiger partial charge in [-0.25, -0.2) is 4.98 Å². The van der Waals surface area contributed by atoms with Gasteiger partial charge in [0.1, 0.15) is 5.82 Å². The molecule has 1 saturated heterocycles. The van der Waals surface area contributed by atoms with E-state index in [1.165, 1.54) is 0 Å². The van der Waals surface area contributed by atoms with Gasteiger partial charge in [-0.2, -0.15) is 0 Å². The normalized spacial score (nSPS) is 19.5. The minimum atomic E-state index is 0.00555. The van der Waals surface area contributed by atoms with Gasteiger partial charge >= 0.3 is 0 Å². The third kappa shape index (κ3) is 2.92. The lowest BCUT2D eigenvalue weighted by molar-refractivity contribution is 0.279. The standard InChI is InChI=1S/C13H19ClN4O/c1-13(2)4-7-18(8-5-13)12-10(14)9(3-6-16-12)11(15)17-19/h3,6,19H,4-5,7-8H2,1-2H3,(H2,15,17). The summed E-state index contributed by atoms with van der Waals surface area (Å²) in [6, 6.07) is 1.65. The third-order valence-electron chi connectivity index (χ3n) is 3.67. The van der Waals surface area contributed by atoms with Crippen molar-refractivity contribution in [3.05, 3.63) is 22.8 Å². The zero-order valence-electron chi connectivity index (χ0n) is 11.2. The van der Waals surface area contributed by atoms with Crippen molar-refractivity contribution >= 4 is 23.3 Å². The molecule has 5 nitrogen and oxygen atoms in total. The van der Waals surface area contributed by atoms with E-state index in [0.717, 1.165) is 25.9 Å². The molecule has 0 radical (unpaired) electrons. The molecule has 0 aliphatic carbocycles. The number of amidine groups is 1. The number of halogens is 1. The number of piperidine rings is 1. The number of oxime groups is 1. The van der Waals surface area contributed by atoms with Crippen molar-refractivity contribution < 1.29 is 5.21 Å². The number of hydrogen-bond acceptors (Lipinski definition) is 4. The first-order valence-electron chi connectivity index (χ1n) is 6.32. The lowest BCUT2D eigenvalue weighted by Gasteiger charge is -2.37. The Hall–Kier alpha value is -1.49. The number of anilines is 1. The highest BCUT2D eigenvalue weighted by molar-refractivity contribution is 6.36. The van der Waals surface area contributed by atoms with Crippen LogP contribution in [-0.2, 0) is 0 Å². The first-order chi connectivity index (χ1) is 8.94. The summed E-state index contributed by atoms with van der Waals surface area (Å²) in [4.78, 5) is 6.48. The summed E-state index contributed by atoms with van der Waals surface area (Å²) >= 11 is 6.31. The van der Waals surface area contributed by atoms with Crippen LogP contribution < -0.4 is 10.6 Å². The van der Waals surface area contributed by atoms with Gasteiger partial charge in [0.05, 0.1) is 5.02 Å². The predicted molar refractivity (Wildman–Crippen MR) is 77.0 cm³/mol. The number of pyridine rings is 1. The first-order valence-corrected chi connectivity index (χ1v) is 6.70. The molecular formula is C13H19ClN4O. The molecule has 6 heteroatoms. The van der Waals surface area contributed by atoms with Gasteiger partial charge in [0.2, 0.25) is 0 Å². The largest absolute Gasteiger partial charge is 0.409 e. The van der Waals surface area contributed by atoms with Crippen LogP contribution in [0.3, 0.4) is 0 Å². The summed E-state index contributed by atoms with van der Waals surface area (Å²) in [5.74, 6) is 0.715. The fraction of sp³-hybridized carbons (Fsp3) is 0.538. The Morgan fingerprint density at radius 1 is 1.47 bits per heavy atom. The molecule has 0 atom stereocenters. The summed E-state index contributed by atoms with van der Waals surface area (Å²) in [5.41, 5.74) is 6.49. The highest BCUT2D eigenvalue weighted by Crippen LogP contribution is 2.34. The van der Waals surface area contributed by atoms with E-state index in [1.807, 2.05) is 0 Å². The van der Waals surface area contributed by atoms with Crippen molar-refractivity contribution in [1.29, 1.82) is 0 Å². The number of aromatic nitrogens is 1. The van der Waals surface area contributed by atoms with Gasteiger partial charge in [0, 0.05) is 24.8 Å². The monoisotopic (exact) mass is 282 g/mol. The van der Waals surface area contributed by atoms with E-state index in [4.69, 9.17) is 22.5 Å². The van der Waals surface area contributed by atoms with Crippen molar-refractivity contribution in [2.45, 2.75) is 26.7 Å².